The Labute approximate surface area is 135 Å². The van der Waals surface area contributed by atoms with Gasteiger partial charge in [0, 0.05) is 18.1 Å². The number of carbonyl (C=O) groups is 1. The summed E-state index contributed by atoms with van der Waals surface area (Å²) in [7, 11) is 0. The fourth-order valence-electron chi connectivity index (χ4n) is 3.18. The number of hydrogen-bond acceptors (Lipinski definition) is 2. The fourth-order valence-corrected chi connectivity index (χ4v) is 3.18. The molecule has 1 aromatic rings. The smallest absolute Gasteiger partial charge is 0.221 e. The van der Waals surface area contributed by atoms with Crippen molar-refractivity contribution in [3.8, 4) is 6.07 Å². The molecule has 1 aliphatic carbocycles. The number of nitrogens with one attached hydrogen (secondary N) is 1. The average Bonchev–Trinajstić information content (AvgIpc) is 2.54. The number of nitrogens with zero attached hydrogens (tertiary/aromatic N) is 1. The van der Waals surface area contributed by atoms with Crippen molar-refractivity contribution in [2.45, 2.75) is 57.4 Å². The molecular formula is C18H22F2N2O. The Hall–Kier alpha value is -1.96. The van der Waals surface area contributed by atoms with Gasteiger partial charge in [0.1, 0.15) is 17.7 Å². The van der Waals surface area contributed by atoms with Crippen molar-refractivity contribution in [1.29, 1.82) is 5.26 Å². The number of amides is 1. The molecule has 5 heteroatoms. The molecule has 1 aliphatic rings. The number of halogens is 2. The Kier molecular flexibility index (Phi) is 6.52. The van der Waals surface area contributed by atoms with E-state index in [1.54, 1.807) is 0 Å². The molecule has 1 fully saturated rings. The van der Waals surface area contributed by atoms with Gasteiger partial charge in [0.2, 0.25) is 5.91 Å². The molecule has 0 saturated heterocycles. The van der Waals surface area contributed by atoms with Gasteiger partial charge in [0.15, 0.2) is 0 Å². The zero-order chi connectivity index (χ0) is 16.7. The van der Waals surface area contributed by atoms with E-state index in [2.05, 4.69) is 5.32 Å². The first-order chi connectivity index (χ1) is 11.1. The summed E-state index contributed by atoms with van der Waals surface area (Å²) < 4.78 is 26.6. The Morgan fingerprint density at radius 1 is 1.30 bits per heavy atom. The third-order valence-electron chi connectivity index (χ3n) is 4.45. The second kappa shape index (κ2) is 8.61. The Bertz CT molecular complexity index is 577. The maximum absolute atomic E-state index is 13.7. The quantitative estimate of drug-likeness (QED) is 0.845. The lowest BCUT2D eigenvalue weighted by atomic mass is 9.86. The highest BCUT2D eigenvalue weighted by molar-refractivity contribution is 5.76. The molecule has 1 amide bonds. The highest BCUT2D eigenvalue weighted by Gasteiger charge is 2.19. The van der Waals surface area contributed by atoms with Crippen molar-refractivity contribution >= 4 is 5.91 Å². The monoisotopic (exact) mass is 320 g/mol. The van der Waals surface area contributed by atoms with E-state index in [1.165, 1.54) is 38.2 Å². The molecule has 1 N–H and O–H groups in total. The van der Waals surface area contributed by atoms with E-state index in [1.807, 2.05) is 6.07 Å². The van der Waals surface area contributed by atoms with Crippen LogP contribution >= 0.6 is 0 Å². The van der Waals surface area contributed by atoms with Crippen molar-refractivity contribution in [1.82, 2.24) is 5.32 Å². The third kappa shape index (κ3) is 5.31. The topological polar surface area (TPSA) is 52.9 Å². The summed E-state index contributed by atoms with van der Waals surface area (Å²) in [5, 5.41) is 11.6. The minimum absolute atomic E-state index is 0.00506. The van der Waals surface area contributed by atoms with Crippen molar-refractivity contribution in [3.05, 3.63) is 35.4 Å². The predicted molar refractivity (Wildman–Crippen MR) is 83.3 cm³/mol. The van der Waals surface area contributed by atoms with Crippen LogP contribution in [-0.4, -0.2) is 5.91 Å². The standard InChI is InChI=1S/C18H22F2N2O/c19-14-9-10-15(16(20)11-14)17(12-21)22-18(23)8-4-7-13-5-2-1-3-6-13/h9-11,13,17H,1-8H2,(H,22,23). The van der Waals surface area contributed by atoms with Gasteiger partial charge in [0.05, 0.1) is 6.07 Å². The van der Waals surface area contributed by atoms with E-state index in [-0.39, 0.29) is 11.5 Å². The molecular weight excluding hydrogens is 298 g/mol. The molecule has 0 heterocycles. The number of carbonyl (C=O) groups excluding carboxylic acids is 1. The normalized spacial score (nSPS) is 16.6. The SMILES string of the molecule is N#CC(NC(=O)CCCC1CCCCC1)c1ccc(F)cc1F. The average molecular weight is 320 g/mol. The van der Waals surface area contributed by atoms with E-state index < -0.39 is 17.7 Å². The highest BCUT2D eigenvalue weighted by Crippen LogP contribution is 2.27. The zero-order valence-corrected chi connectivity index (χ0v) is 13.2. The summed E-state index contributed by atoms with van der Waals surface area (Å²) in [6.45, 7) is 0. The van der Waals surface area contributed by atoms with Crippen molar-refractivity contribution in [3.63, 3.8) is 0 Å². The zero-order valence-electron chi connectivity index (χ0n) is 13.2. The van der Waals surface area contributed by atoms with Crippen LogP contribution < -0.4 is 5.32 Å². The van der Waals surface area contributed by atoms with Crippen LogP contribution in [0.15, 0.2) is 18.2 Å². The largest absolute Gasteiger partial charge is 0.337 e. The van der Waals surface area contributed by atoms with Gasteiger partial charge >= 0.3 is 0 Å². The van der Waals surface area contributed by atoms with Crippen LogP contribution in [0.2, 0.25) is 0 Å². The number of benzene rings is 1. The summed E-state index contributed by atoms with van der Waals surface area (Å²) in [5.74, 6) is -1.09. The first-order valence-electron chi connectivity index (χ1n) is 8.24. The van der Waals surface area contributed by atoms with Gasteiger partial charge in [-0.3, -0.25) is 4.79 Å². The second-order valence-corrected chi connectivity index (χ2v) is 6.19. The molecule has 0 spiro atoms. The molecule has 1 atom stereocenters. The predicted octanol–water partition coefficient (Wildman–Crippen LogP) is 4.40. The second-order valence-electron chi connectivity index (χ2n) is 6.19. The van der Waals surface area contributed by atoms with Crippen LogP contribution in [0.1, 0.15) is 63.0 Å². The molecule has 0 aliphatic heterocycles. The Morgan fingerprint density at radius 2 is 2.04 bits per heavy atom. The van der Waals surface area contributed by atoms with E-state index >= 15 is 0 Å². The highest BCUT2D eigenvalue weighted by atomic mass is 19.1. The number of nitriles is 1. The maximum atomic E-state index is 13.7. The van der Waals surface area contributed by atoms with Gasteiger partial charge in [-0.2, -0.15) is 5.26 Å². The van der Waals surface area contributed by atoms with Gasteiger partial charge in [-0.25, -0.2) is 8.78 Å². The summed E-state index contributed by atoms with van der Waals surface area (Å²) >= 11 is 0. The lowest BCUT2D eigenvalue weighted by Gasteiger charge is -2.21. The summed E-state index contributed by atoms with van der Waals surface area (Å²) in [5.41, 5.74) is -0.00506. The van der Waals surface area contributed by atoms with Crippen LogP contribution in [0.3, 0.4) is 0 Å². The summed E-state index contributed by atoms with van der Waals surface area (Å²) in [6.07, 6.45) is 8.47. The number of hydrogen-bond donors (Lipinski definition) is 1. The van der Waals surface area contributed by atoms with Gasteiger partial charge in [0.25, 0.3) is 0 Å². The van der Waals surface area contributed by atoms with E-state index in [0.29, 0.717) is 12.3 Å². The first-order valence-corrected chi connectivity index (χ1v) is 8.24. The molecule has 0 radical (unpaired) electrons. The Balaban J connectivity index is 1.81. The lowest BCUT2D eigenvalue weighted by Crippen LogP contribution is -2.28. The van der Waals surface area contributed by atoms with E-state index in [0.717, 1.165) is 25.0 Å². The van der Waals surface area contributed by atoms with E-state index in [4.69, 9.17) is 5.26 Å². The molecule has 1 aromatic carbocycles. The lowest BCUT2D eigenvalue weighted by molar-refractivity contribution is -0.121. The van der Waals surface area contributed by atoms with Crippen LogP contribution in [0.4, 0.5) is 8.78 Å². The van der Waals surface area contributed by atoms with E-state index in [9.17, 15) is 13.6 Å². The van der Waals surface area contributed by atoms with Crippen molar-refractivity contribution in [2.24, 2.45) is 5.92 Å². The molecule has 0 bridgehead atoms. The van der Waals surface area contributed by atoms with Gasteiger partial charge in [-0.1, -0.05) is 38.2 Å². The van der Waals surface area contributed by atoms with Gasteiger partial charge in [-0.15, -0.1) is 0 Å². The van der Waals surface area contributed by atoms with Gasteiger partial charge in [-0.05, 0) is 24.8 Å². The molecule has 23 heavy (non-hydrogen) atoms. The Morgan fingerprint density at radius 3 is 2.70 bits per heavy atom. The summed E-state index contributed by atoms with van der Waals surface area (Å²) in [4.78, 5) is 11.9. The van der Waals surface area contributed by atoms with Gasteiger partial charge < -0.3 is 5.32 Å². The molecule has 124 valence electrons. The molecule has 3 nitrogen and oxygen atoms in total. The molecule has 1 unspecified atom stereocenters. The molecule has 2 rings (SSSR count). The first kappa shape index (κ1) is 17.4. The minimum Gasteiger partial charge on any atom is -0.337 e. The fraction of sp³-hybridized carbons (Fsp3) is 0.556. The van der Waals surface area contributed by atoms with Crippen LogP contribution in [0, 0.1) is 28.9 Å². The van der Waals surface area contributed by atoms with Crippen LogP contribution in [0.5, 0.6) is 0 Å². The van der Waals surface area contributed by atoms with Crippen molar-refractivity contribution in [2.75, 3.05) is 0 Å². The minimum atomic E-state index is -1.09. The maximum Gasteiger partial charge on any atom is 0.221 e. The molecule has 1 saturated carbocycles. The molecule has 0 aromatic heterocycles. The van der Waals surface area contributed by atoms with Crippen LogP contribution in [0.25, 0.3) is 0 Å². The third-order valence-corrected chi connectivity index (χ3v) is 4.45. The number of rotatable bonds is 6. The summed E-state index contributed by atoms with van der Waals surface area (Å²) in [6, 6.07) is 3.76. The van der Waals surface area contributed by atoms with Crippen LogP contribution in [-0.2, 0) is 4.79 Å². The van der Waals surface area contributed by atoms with Crippen molar-refractivity contribution < 1.29 is 13.6 Å².